The molecule has 0 heterocycles. The Hall–Kier alpha value is -2.89. The van der Waals surface area contributed by atoms with Crippen molar-refractivity contribution in [2.75, 3.05) is 7.11 Å². The largest absolute Gasteiger partial charge is 0.497 e. The minimum Gasteiger partial charge on any atom is -0.497 e. The maximum absolute atomic E-state index is 14.4. The topological polar surface area (TPSA) is 75.6 Å². The van der Waals surface area contributed by atoms with Gasteiger partial charge in [-0.05, 0) is 54.7 Å². The van der Waals surface area contributed by atoms with Crippen LogP contribution < -0.4 is 10.1 Å². The molecule has 1 aliphatic carbocycles. The summed E-state index contributed by atoms with van der Waals surface area (Å²) >= 11 is 0. The standard InChI is InChI=1S/C19H18FNO4/c1-25-14-6-3-12(4-7-14)13-5-8-15(16(20)11-13)17(22)21-19(18(23)24)9-2-10-19/h3-8,11H,2,9-10H2,1H3,(H,21,22)(H,23,24). The molecule has 3 rings (SSSR count). The van der Waals surface area contributed by atoms with Crippen molar-refractivity contribution in [2.45, 2.75) is 24.8 Å². The van der Waals surface area contributed by atoms with Crippen LogP contribution in [0.2, 0.25) is 0 Å². The van der Waals surface area contributed by atoms with Gasteiger partial charge < -0.3 is 15.2 Å². The van der Waals surface area contributed by atoms with Gasteiger partial charge in [0.25, 0.3) is 5.91 Å². The lowest BCUT2D eigenvalue weighted by Gasteiger charge is -2.38. The van der Waals surface area contributed by atoms with E-state index in [1.165, 1.54) is 12.1 Å². The minimum atomic E-state index is -1.27. The zero-order valence-corrected chi connectivity index (χ0v) is 13.7. The van der Waals surface area contributed by atoms with Crippen LogP contribution in [0.25, 0.3) is 11.1 Å². The van der Waals surface area contributed by atoms with Crippen molar-refractivity contribution < 1.29 is 23.8 Å². The van der Waals surface area contributed by atoms with Gasteiger partial charge in [-0.25, -0.2) is 9.18 Å². The first kappa shape index (κ1) is 17.0. The van der Waals surface area contributed by atoms with E-state index in [9.17, 15) is 19.1 Å². The van der Waals surface area contributed by atoms with Crippen LogP contribution in [0.1, 0.15) is 29.6 Å². The lowest BCUT2D eigenvalue weighted by Crippen LogP contribution is -2.59. The van der Waals surface area contributed by atoms with E-state index in [0.717, 1.165) is 12.0 Å². The monoisotopic (exact) mass is 343 g/mol. The first-order chi connectivity index (χ1) is 11.9. The summed E-state index contributed by atoms with van der Waals surface area (Å²) in [6.07, 6.45) is 1.45. The Labute approximate surface area is 144 Å². The average molecular weight is 343 g/mol. The SMILES string of the molecule is COc1ccc(-c2ccc(C(=O)NC3(C(=O)O)CCC3)c(F)c2)cc1. The number of rotatable bonds is 5. The predicted molar refractivity (Wildman–Crippen MR) is 90.1 cm³/mol. The Morgan fingerprint density at radius 3 is 2.24 bits per heavy atom. The molecule has 0 saturated heterocycles. The first-order valence-electron chi connectivity index (χ1n) is 7.95. The molecule has 0 radical (unpaired) electrons. The molecule has 1 amide bonds. The van der Waals surface area contributed by atoms with E-state index in [2.05, 4.69) is 5.32 Å². The predicted octanol–water partition coefficient (Wildman–Crippen LogP) is 3.24. The van der Waals surface area contributed by atoms with Crippen LogP contribution in [-0.2, 0) is 4.79 Å². The molecule has 1 fully saturated rings. The summed E-state index contributed by atoms with van der Waals surface area (Å²) in [5.41, 5.74) is -0.0243. The van der Waals surface area contributed by atoms with Crippen molar-refractivity contribution in [1.82, 2.24) is 5.32 Å². The van der Waals surface area contributed by atoms with E-state index < -0.39 is 23.2 Å². The molecule has 6 heteroatoms. The molecular weight excluding hydrogens is 325 g/mol. The fourth-order valence-electron chi connectivity index (χ4n) is 2.87. The van der Waals surface area contributed by atoms with Crippen molar-refractivity contribution >= 4 is 11.9 Å². The molecule has 0 aliphatic heterocycles. The number of hydrogen-bond acceptors (Lipinski definition) is 3. The number of aliphatic carboxylic acids is 1. The van der Waals surface area contributed by atoms with Gasteiger partial charge in [-0.2, -0.15) is 0 Å². The number of halogens is 1. The van der Waals surface area contributed by atoms with Crippen molar-refractivity contribution in [3.8, 4) is 16.9 Å². The van der Waals surface area contributed by atoms with Crippen LogP contribution >= 0.6 is 0 Å². The number of benzene rings is 2. The quantitative estimate of drug-likeness (QED) is 0.874. The smallest absolute Gasteiger partial charge is 0.329 e. The molecule has 0 spiro atoms. The lowest BCUT2D eigenvalue weighted by atomic mass is 9.76. The highest BCUT2D eigenvalue weighted by molar-refractivity contribution is 5.98. The molecule has 0 aromatic heterocycles. The van der Waals surface area contributed by atoms with Crippen LogP contribution in [0.4, 0.5) is 4.39 Å². The summed E-state index contributed by atoms with van der Waals surface area (Å²) in [6.45, 7) is 0. The highest BCUT2D eigenvalue weighted by Crippen LogP contribution is 2.32. The molecule has 25 heavy (non-hydrogen) atoms. The molecule has 2 aromatic carbocycles. The van der Waals surface area contributed by atoms with Crippen LogP contribution in [0.5, 0.6) is 5.75 Å². The van der Waals surface area contributed by atoms with Crippen LogP contribution in [0.15, 0.2) is 42.5 Å². The zero-order chi connectivity index (χ0) is 18.0. The maximum atomic E-state index is 14.4. The van der Waals surface area contributed by atoms with Gasteiger partial charge in [-0.3, -0.25) is 4.79 Å². The third-order valence-corrected chi connectivity index (χ3v) is 4.61. The van der Waals surface area contributed by atoms with Gasteiger partial charge in [-0.15, -0.1) is 0 Å². The summed E-state index contributed by atoms with van der Waals surface area (Å²) < 4.78 is 19.5. The molecule has 1 saturated carbocycles. The molecule has 2 N–H and O–H groups in total. The third kappa shape index (κ3) is 3.20. The summed E-state index contributed by atoms with van der Waals surface area (Å²) in [5.74, 6) is -1.78. The van der Waals surface area contributed by atoms with Gasteiger partial charge in [0, 0.05) is 0 Å². The Bertz CT molecular complexity index is 813. The van der Waals surface area contributed by atoms with Crippen molar-refractivity contribution in [1.29, 1.82) is 0 Å². The number of carboxylic acids is 1. The second-order valence-electron chi connectivity index (χ2n) is 6.12. The average Bonchev–Trinajstić information content (AvgIpc) is 2.57. The van der Waals surface area contributed by atoms with Gasteiger partial charge in [0.15, 0.2) is 0 Å². The Kier molecular flexibility index (Phi) is 4.44. The van der Waals surface area contributed by atoms with E-state index in [4.69, 9.17) is 4.74 Å². The molecule has 2 aromatic rings. The number of carbonyl (C=O) groups is 2. The highest BCUT2D eigenvalue weighted by atomic mass is 19.1. The zero-order valence-electron chi connectivity index (χ0n) is 13.7. The number of hydrogen-bond donors (Lipinski definition) is 2. The van der Waals surface area contributed by atoms with Crippen LogP contribution in [0.3, 0.4) is 0 Å². The van der Waals surface area contributed by atoms with E-state index in [1.54, 1.807) is 37.4 Å². The van der Waals surface area contributed by atoms with E-state index in [-0.39, 0.29) is 5.56 Å². The number of amides is 1. The van der Waals surface area contributed by atoms with Gasteiger partial charge >= 0.3 is 5.97 Å². The third-order valence-electron chi connectivity index (χ3n) is 4.61. The summed E-state index contributed by atoms with van der Waals surface area (Å²) in [6, 6.07) is 11.4. The number of ether oxygens (including phenoxy) is 1. The summed E-state index contributed by atoms with van der Waals surface area (Å²) in [7, 11) is 1.56. The number of carbonyl (C=O) groups excluding carboxylic acids is 1. The first-order valence-corrected chi connectivity index (χ1v) is 7.95. The lowest BCUT2D eigenvalue weighted by molar-refractivity contribution is -0.148. The highest BCUT2D eigenvalue weighted by Gasteiger charge is 2.46. The molecular formula is C19H18FNO4. The fourth-order valence-corrected chi connectivity index (χ4v) is 2.87. The number of carboxylic acid groups (broad SMARTS) is 1. The molecule has 5 nitrogen and oxygen atoms in total. The van der Waals surface area contributed by atoms with Gasteiger partial charge in [0.2, 0.25) is 0 Å². The Balaban J connectivity index is 1.81. The van der Waals surface area contributed by atoms with E-state index >= 15 is 0 Å². The van der Waals surface area contributed by atoms with Gasteiger partial charge in [0.05, 0.1) is 12.7 Å². The molecule has 0 bridgehead atoms. The van der Waals surface area contributed by atoms with Crippen LogP contribution in [0, 0.1) is 5.82 Å². The van der Waals surface area contributed by atoms with E-state index in [1.807, 2.05) is 0 Å². The van der Waals surface area contributed by atoms with Crippen molar-refractivity contribution in [3.05, 3.63) is 53.8 Å². The van der Waals surface area contributed by atoms with Crippen molar-refractivity contribution in [2.24, 2.45) is 0 Å². The second-order valence-corrected chi connectivity index (χ2v) is 6.12. The van der Waals surface area contributed by atoms with Gasteiger partial charge in [-0.1, -0.05) is 18.2 Å². The second kappa shape index (κ2) is 6.55. The maximum Gasteiger partial charge on any atom is 0.329 e. The fraction of sp³-hybridized carbons (Fsp3) is 0.263. The minimum absolute atomic E-state index is 0.162. The van der Waals surface area contributed by atoms with E-state index in [0.29, 0.717) is 24.2 Å². The molecule has 0 atom stereocenters. The van der Waals surface area contributed by atoms with Crippen LogP contribution in [-0.4, -0.2) is 29.6 Å². The summed E-state index contributed by atoms with van der Waals surface area (Å²) in [4.78, 5) is 23.6. The van der Waals surface area contributed by atoms with Gasteiger partial charge in [0.1, 0.15) is 17.1 Å². The number of methoxy groups -OCH3 is 1. The molecule has 0 unspecified atom stereocenters. The molecule has 130 valence electrons. The Morgan fingerprint density at radius 1 is 1.12 bits per heavy atom. The number of nitrogens with one attached hydrogen (secondary N) is 1. The normalized spacial score (nSPS) is 15.1. The summed E-state index contributed by atoms with van der Waals surface area (Å²) in [5, 5.41) is 11.7. The molecule has 1 aliphatic rings. The van der Waals surface area contributed by atoms with Crippen molar-refractivity contribution in [3.63, 3.8) is 0 Å². The Morgan fingerprint density at radius 2 is 1.76 bits per heavy atom.